The maximum Gasteiger partial charge on any atom is 0.312 e. The molecule has 2 saturated carbocycles. The molecule has 0 N–H and O–H groups in total. The second-order valence-electron chi connectivity index (χ2n) is 7.12. The van der Waals surface area contributed by atoms with E-state index in [0.29, 0.717) is 6.42 Å². The molecule has 0 amide bonds. The van der Waals surface area contributed by atoms with Crippen molar-refractivity contribution in [3.05, 3.63) is 0 Å². The van der Waals surface area contributed by atoms with Crippen molar-refractivity contribution in [1.82, 2.24) is 0 Å². The van der Waals surface area contributed by atoms with Crippen LogP contribution in [0.5, 0.6) is 0 Å². The predicted octanol–water partition coefficient (Wildman–Crippen LogP) is 4.75. The minimum absolute atomic E-state index is 0.00117. The lowest BCUT2D eigenvalue weighted by Crippen LogP contribution is -2.32. The number of esters is 2. The number of hydrogen-bond donors (Lipinski definition) is 0. The zero-order valence-electron chi connectivity index (χ0n) is 14.6. The van der Waals surface area contributed by atoms with Gasteiger partial charge < -0.3 is 9.47 Å². The Balaban J connectivity index is 1.84. The lowest BCUT2D eigenvalue weighted by Gasteiger charge is -2.26. The van der Waals surface area contributed by atoms with E-state index < -0.39 is 6.29 Å². The van der Waals surface area contributed by atoms with Crippen LogP contribution in [0.2, 0.25) is 0 Å². The second kappa shape index (κ2) is 9.94. The first-order valence-corrected chi connectivity index (χ1v) is 9.61. The summed E-state index contributed by atoms with van der Waals surface area (Å²) < 4.78 is 11.1. The molecule has 0 saturated heterocycles. The van der Waals surface area contributed by atoms with Crippen LogP contribution in [-0.2, 0) is 19.1 Å². The number of carbonyl (C=O) groups excluding carboxylic acids is 2. The molecule has 23 heavy (non-hydrogen) atoms. The van der Waals surface area contributed by atoms with Crippen LogP contribution in [-0.4, -0.2) is 18.2 Å². The molecule has 0 unspecified atom stereocenters. The van der Waals surface area contributed by atoms with Gasteiger partial charge in [-0.15, -0.1) is 0 Å². The van der Waals surface area contributed by atoms with Crippen molar-refractivity contribution in [2.45, 2.75) is 96.7 Å². The summed E-state index contributed by atoms with van der Waals surface area (Å²) in [6.45, 7) is 2.09. The largest absolute Gasteiger partial charge is 0.425 e. The Morgan fingerprint density at radius 1 is 0.826 bits per heavy atom. The van der Waals surface area contributed by atoms with Crippen LogP contribution in [0, 0.1) is 11.8 Å². The summed E-state index contributed by atoms with van der Waals surface area (Å²) >= 11 is 0. The van der Waals surface area contributed by atoms with E-state index in [1.165, 1.54) is 12.8 Å². The average molecular weight is 324 g/mol. The lowest BCUT2D eigenvalue weighted by atomic mass is 9.89. The van der Waals surface area contributed by atoms with Crippen LogP contribution in [0.1, 0.15) is 90.4 Å². The van der Waals surface area contributed by atoms with Gasteiger partial charge in [0, 0.05) is 6.42 Å². The van der Waals surface area contributed by atoms with Crippen LogP contribution >= 0.6 is 0 Å². The van der Waals surface area contributed by atoms with E-state index in [1.54, 1.807) is 0 Å². The van der Waals surface area contributed by atoms with Gasteiger partial charge in [0.25, 0.3) is 0 Å². The minimum Gasteiger partial charge on any atom is -0.425 e. The number of rotatable bonds is 7. The molecular weight excluding hydrogens is 292 g/mol. The quantitative estimate of drug-likeness (QED) is 0.501. The van der Waals surface area contributed by atoms with E-state index in [0.717, 1.165) is 64.2 Å². The Morgan fingerprint density at radius 2 is 1.26 bits per heavy atom. The van der Waals surface area contributed by atoms with Crippen LogP contribution in [0.25, 0.3) is 0 Å². The highest BCUT2D eigenvalue weighted by Gasteiger charge is 2.29. The Bertz CT molecular complexity index is 336. The topological polar surface area (TPSA) is 52.6 Å². The van der Waals surface area contributed by atoms with Gasteiger partial charge in [-0.1, -0.05) is 51.9 Å². The van der Waals surface area contributed by atoms with Gasteiger partial charge in [0.1, 0.15) is 0 Å². The molecule has 0 bridgehead atoms. The summed E-state index contributed by atoms with van der Waals surface area (Å²) in [5.41, 5.74) is 0. The molecule has 0 aliphatic heterocycles. The highest BCUT2D eigenvalue weighted by molar-refractivity contribution is 5.74. The Morgan fingerprint density at radius 3 is 1.65 bits per heavy atom. The third kappa shape index (κ3) is 6.15. The van der Waals surface area contributed by atoms with Gasteiger partial charge in [-0.2, -0.15) is 0 Å². The van der Waals surface area contributed by atoms with Crippen LogP contribution in [0.15, 0.2) is 0 Å². The third-order valence-corrected chi connectivity index (χ3v) is 5.17. The maximum atomic E-state index is 12.3. The molecule has 0 atom stereocenters. The van der Waals surface area contributed by atoms with Crippen molar-refractivity contribution in [2.75, 3.05) is 0 Å². The molecule has 0 aromatic carbocycles. The average Bonchev–Trinajstić information content (AvgIpc) is 2.61. The molecule has 2 rings (SSSR count). The van der Waals surface area contributed by atoms with Crippen LogP contribution < -0.4 is 0 Å². The Hall–Kier alpha value is -1.06. The van der Waals surface area contributed by atoms with Crippen molar-refractivity contribution in [3.8, 4) is 0 Å². The Labute approximate surface area is 140 Å². The number of hydrogen-bond acceptors (Lipinski definition) is 4. The van der Waals surface area contributed by atoms with E-state index in [2.05, 4.69) is 6.92 Å². The zero-order valence-corrected chi connectivity index (χ0v) is 14.6. The van der Waals surface area contributed by atoms with E-state index >= 15 is 0 Å². The van der Waals surface area contributed by atoms with E-state index in [9.17, 15) is 9.59 Å². The maximum absolute atomic E-state index is 12.3. The molecular formula is C19H32O4. The number of unbranched alkanes of at least 4 members (excludes halogenated alkanes) is 1. The second-order valence-corrected chi connectivity index (χ2v) is 7.12. The summed E-state index contributed by atoms with van der Waals surface area (Å²) in [7, 11) is 0. The molecule has 0 radical (unpaired) electrons. The van der Waals surface area contributed by atoms with Crippen molar-refractivity contribution in [1.29, 1.82) is 0 Å². The van der Waals surface area contributed by atoms with Crippen molar-refractivity contribution in [3.63, 3.8) is 0 Å². The SMILES string of the molecule is CCCCC(OC(=O)C1CCCCC1)OC(=O)C1CCCCC1. The molecule has 2 aliphatic carbocycles. The molecule has 4 nitrogen and oxygen atoms in total. The molecule has 132 valence electrons. The van der Waals surface area contributed by atoms with Gasteiger partial charge in [-0.3, -0.25) is 9.59 Å². The predicted molar refractivity (Wildman–Crippen MR) is 88.6 cm³/mol. The van der Waals surface area contributed by atoms with Gasteiger partial charge >= 0.3 is 11.9 Å². The number of carbonyl (C=O) groups is 2. The summed E-state index contributed by atoms with van der Waals surface area (Å²) in [5.74, 6) is -0.327. The smallest absolute Gasteiger partial charge is 0.312 e. The van der Waals surface area contributed by atoms with E-state index in [4.69, 9.17) is 9.47 Å². The summed E-state index contributed by atoms with van der Waals surface area (Å²) in [5, 5.41) is 0. The van der Waals surface area contributed by atoms with Crippen LogP contribution in [0.4, 0.5) is 0 Å². The first-order valence-electron chi connectivity index (χ1n) is 9.61. The fourth-order valence-corrected chi connectivity index (χ4v) is 3.64. The highest BCUT2D eigenvalue weighted by Crippen LogP contribution is 2.27. The Kier molecular flexibility index (Phi) is 7.90. The molecule has 0 aromatic rings. The van der Waals surface area contributed by atoms with E-state index in [1.807, 2.05) is 0 Å². The zero-order chi connectivity index (χ0) is 16.5. The molecule has 2 fully saturated rings. The fraction of sp³-hybridized carbons (Fsp3) is 0.895. The normalized spacial score (nSPS) is 20.4. The highest BCUT2D eigenvalue weighted by atomic mass is 16.7. The van der Waals surface area contributed by atoms with Gasteiger partial charge in [0.15, 0.2) is 0 Å². The first-order chi connectivity index (χ1) is 11.2. The monoisotopic (exact) mass is 324 g/mol. The standard InChI is InChI=1S/C19H32O4/c1-2-3-14-17(22-18(20)15-10-6-4-7-11-15)23-19(21)16-12-8-5-9-13-16/h15-17H,2-14H2,1H3. The van der Waals surface area contributed by atoms with Crippen molar-refractivity contribution in [2.24, 2.45) is 11.8 Å². The third-order valence-electron chi connectivity index (χ3n) is 5.17. The minimum atomic E-state index is -0.682. The molecule has 0 spiro atoms. The van der Waals surface area contributed by atoms with Crippen molar-refractivity contribution >= 4 is 11.9 Å². The summed E-state index contributed by atoms with van der Waals surface area (Å²) in [6, 6.07) is 0. The molecule has 2 aliphatic rings. The van der Waals surface area contributed by atoms with Gasteiger partial charge in [-0.25, -0.2) is 0 Å². The molecule has 4 heteroatoms. The summed E-state index contributed by atoms with van der Waals surface area (Å²) in [6.07, 6.45) is 12.3. The molecule has 0 heterocycles. The van der Waals surface area contributed by atoms with Crippen molar-refractivity contribution < 1.29 is 19.1 Å². The van der Waals surface area contributed by atoms with Gasteiger partial charge in [0.2, 0.25) is 6.29 Å². The van der Waals surface area contributed by atoms with Crippen LogP contribution in [0.3, 0.4) is 0 Å². The summed E-state index contributed by atoms with van der Waals surface area (Å²) in [4.78, 5) is 24.6. The lowest BCUT2D eigenvalue weighted by molar-refractivity contribution is -0.196. The van der Waals surface area contributed by atoms with E-state index in [-0.39, 0.29) is 23.8 Å². The first kappa shape index (κ1) is 18.3. The van der Waals surface area contributed by atoms with Gasteiger partial charge in [-0.05, 0) is 32.1 Å². The van der Waals surface area contributed by atoms with Gasteiger partial charge in [0.05, 0.1) is 11.8 Å². The fourth-order valence-electron chi connectivity index (χ4n) is 3.64. The molecule has 0 aromatic heterocycles. The number of ether oxygens (including phenoxy) is 2.